The highest BCUT2D eigenvalue weighted by Crippen LogP contribution is 2.37. The molecule has 3 aromatic rings. The van der Waals surface area contributed by atoms with E-state index in [-0.39, 0.29) is 0 Å². The van der Waals surface area contributed by atoms with Crippen molar-refractivity contribution in [3.63, 3.8) is 0 Å². The van der Waals surface area contributed by atoms with Crippen molar-refractivity contribution in [2.45, 2.75) is 0 Å². The standard InChI is InChI=1S/C13H9NOS/c14-12-8(7-15)5-6-10-9-3-1-2-4-11(9)16-13(10)12/h1-7H,14H2. The van der Waals surface area contributed by atoms with E-state index in [2.05, 4.69) is 12.1 Å². The summed E-state index contributed by atoms with van der Waals surface area (Å²) in [6, 6.07) is 11.9. The van der Waals surface area contributed by atoms with Crippen LogP contribution in [0.4, 0.5) is 5.69 Å². The Kier molecular flexibility index (Phi) is 1.94. The van der Waals surface area contributed by atoms with E-state index in [1.807, 2.05) is 18.2 Å². The molecule has 0 bridgehead atoms. The maximum absolute atomic E-state index is 10.8. The number of anilines is 1. The number of carbonyl (C=O) groups is 1. The molecule has 78 valence electrons. The number of fused-ring (bicyclic) bond motifs is 3. The van der Waals surface area contributed by atoms with E-state index in [1.165, 1.54) is 10.1 Å². The molecule has 3 rings (SSSR count). The molecule has 16 heavy (non-hydrogen) atoms. The summed E-state index contributed by atoms with van der Waals surface area (Å²) in [6.07, 6.45) is 0.805. The number of benzene rings is 2. The molecule has 0 saturated heterocycles. The van der Waals surface area contributed by atoms with E-state index in [4.69, 9.17) is 5.73 Å². The first kappa shape index (κ1) is 9.36. The van der Waals surface area contributed by atoms with Crippen molar-refractivity contribution in [3.05, 3.63) is 42.0 Å². The van der Waals surface area contributed by atoms with E-state index >= 15 is 0 Å². The highest BCUT2D eigenvalue weighted by molar-refractivity contribution is 7.26. The lowest BCUT2D eigenvalue weighted by atomic mass is 10.1. The largest absolute Gasteiger partial charge is 0.397 e. The predicted molar refractivity (Wildman–Crippen MR) is 69.1 cm³/mol. The molecule has 0 aliphatic rings. The quantitative estimate of drug-likeness (QED) is 0.511. The second kappa shape index (κ2) is 3.32. The molecular weight excluding hydrogens is 218 g/mol. The zero-order valence-corrected chi connectivity index (χ0v) is 9.25. The third-order valence-corrected chi connectivity index (χ3v) is 3.97. The molecule has 0 aliphatic carbocycles. The Morgan fingerprint density at radius 3 is 2.69 bits per heavy atom. The molecular formula is C13H9NOS. The summed E-state index contributed by atoms with van der Waals surface area (Å²) >= 11 is 1.63. The van der Waals surface area contributed by atoms with Crippen molar-refractivity contribution in [1.82, 2.24) is 0 Å². The average molecular weight is 227 g/mol. The number of thiophene rings is 1. The number of rotatable bonds is 1. The van der Waals surface area contributed by atoms with Crippen LogP contribution >= 0.6 is 11.3 Å². The van der Waals surface area contributed by atoms with Crippen LogP contribution in [0.25, 0.3) is 20.2 Å². The fourth-order valence-corrected chi connectivity index (χ4v) is 3.10. The molecule has 0 unspecified atom stereocenters. The second-order valence-corrected chi connectivity index (χ2v) is 4.71. The van der Waals surface area contributed by atoms with Crippen molar-refractivity contribution >= 4 is 43.5 Å². The second-order valence-electron chi connectivity index (χ2n) is 3.66. The summed E-state index contributed by atoms with van der Waals surface area (Å²) in [7, 11) is 0. The Morgan fingerprint density at radius 2 is 1.88 bits per heavy atom. The van der Waals surface area contributed by atoms with Crippen LogP contribution in [0, 0.1) is 0 Å². The number of nitrogen functional groups attached to an aromatic ring is 1. The van der Waals surface area contributed by atoms with Gasteiger partial charge in [0.2, 0.25) is 0 Å². The molecule has 0 spiro atoms. The number of nitrogens with two attached hydrogens (primary N) is 1. The molecule has 0 saturated carbocycles. The summed E-state index contributed by atoms with van der Waals surface area (Å²) in [6.45, 7) is 0. The van der Waals surface area contributed by atoms with Crippen LogP contribution in [0.15, 0.2) is 36.4 Å². The predicted octanol–water partition coefficient (Wildman–Crippen LogP) is 3.45. The number of hydrogen-bond acceptors (Lipinski definition) is 3. The van der Waals surface area contributed by atoms with Gasteiger partial charge in [-0.15, -0.1) is 11.3 Å². The Hall–Kier alpha value is -1.87. The van der Waals surface area contributed by atoms with Crippen LogP contribution in [0.1, 0.15) is 10.4 Å². The van der Waals surface area contributed by atoms with E-state index in [0.717, 1.165) is 16.4 Å². The van der Waals surface area contributed by atoms with E-state index < -0.39 is 0 Å². The maximum atomic E-state index is 10.8. The molecule has 2 aromatic carbocycles. The zero-order valence-electron chi connectivity index (χ0n) is 8.44. The number of aldehydes is 1. The average Bonchev–Trinajstić information content (AvgIpc) is 2.69. The van der Waals surface area contributed by atoms with Gasteiger partial charge >= 0.3 is 0 Å². The first-order chi connectivity index (χ1) is 7.81. The van der Waals surface area contributed by atoms with Gasteiger partial charge in [0.15, 0.2) is 6.29 Å². The van der Waals surface area contributed by atoms with E-state index in [0.29, 0.717) is 11.3 Å². The zero-order chi connectivity index (χ0) is 11.1. The van der Waals surface area contributed by atoms with Crippen LogP contribution in [0.5, 0.6) is 0 Å². The van der Waals surface area contributed by atoms with Gasteiger partial charge in [-0.05, 0) is 12.1 Å². The lowest BCUT2D eigenvalue weighted by Crippen LogP contribution is -1.91. The van der Waals surface area contributed by atoms with Gasteiger partial charge in [0.25, 0.3) is 0 Å². The summed E-state index contributed by atoms with van der Waals surface area (Å²) < 4.78 is 2.21. The Labute approximate surface area is 96.3 Å². The first-order valence-corrected chi connectivity index (χ1v) is 5.78. The normalized spacial score (nSPS) is 11.0. The van der Waals surface area contributed by atoms with E-state index in [9.17, 15) is 4.79 Å². The van der Waals surface area contributed by atoms with Crippen molar-refractivity contribution in [1.29, 1.82) is 0 Å². The lowest BCUT2D eigenvalue weighted by molar-refractivity contribution is 0.112. The monoisotopic (exact) mass is 227 g/mol. The molecule has 2 nitrogen and oxygen atoms in total. The third kappa shape index (κ3) is 1.15. The van der Waals surface area contributed by atoms with Crippen molar-refractivity contribution in [2.75, 3.05) is 5.73 Å². The van der Waals surface area contributed by atoms with Gasteiger partial charge < -0.3 is 5.73 Å². The molecule has 2 N–H and O–H groups in total. The van der Waals surface area contributed by atoms with Gasteiger partial charge in [-0.2, -0.15) is 0 Å². The van der Waals surface area contributed by atoms with Crippen LogP contribution in [0.3, 0.4) is 0 Å². The molecule has 0 radical (unpaired) electrons. The van der Waals surface area contributed by atoms with E-state index in [1.54, 1.807) is 17.4 Å². The van der Waals surface area contributed by atoms with Crippen molar-refractivity contribution in [3.8, 4) is 0 Å². The molecule has 0 fully saturated rings. The number of hydrogen-bond donors (Lipinski definition) is 1. The summed E-state index contributed by atoms with van der Waals surface area (Å²) in [4.78, 5) is 10.8. The minimum Gasteiger partial charge on any atom is -0.397 e. The van der Waals surface area contributed by atoms with Crippen molar-refractivity contribution < 1.29 is 4.79 Å². The molecule has 3 heteroatoms. The minimum atomic E-state index is 0.569. The molecule has 0 atom stereocenters. The highest BCUT2D eigenvalue weighted by atomic mass is 32.1. The van der Waals surface area contributed by atoms with Gasteiger partial charge in [-0.25, -0.2) is 0 Å². The van der Waals surface area contributed by atoms with Crippen LogP contribution in [0.2, 0.25) is 0 Å². The molecule has 1 aromatic heterocycles. The van der Waals surface area contributed by atoms with Gasteiger partial charge in [-0.1, -0.05) is 24.3 Å². The van der Waals surface area contributed by atoms with Crippen LogP contribution in [-0.2, 0) is 0 Å². The minimum absolute atomic E-state index is 0.569. The Bertz CT molecular complexity index is 700. The lowest BCUT2D eigenvalue weighted by Gasteiger charge is -1.99. The van der Waals surface area contributed by atoms with Gasteiger partial charge in [0, 0.05) is 21.0 Å². The Morgan fingerprint density at radius 1 is 1.06 bits per heavy atom. The fourth-order valence-electron chi connectivity index (χ4n) is 1.93. The van der Waals surface area contributed by atoms with Gasteiger partial charge in [0.1, 0.15) is 0 Å². The summed E-state index contributed by atoms with van der Waals surface area (Å²) in [5, 5.41) is 2.33. The maximum Gasteiger partial charge on any atom is 0.152 e. The van der Waals surface area contributed by atoms with Gasteiger partial charge in [-0.3, -0.25) is 4.79 Å². The summed E-state index contributed by atoms with van der Waals surface area (Å²) in [5.41, 5.74) is 7.13. The third-order valence-electron chi connectivity index (χ3n) is 2.75. The van der Waals surface area contributed by atoms with Crippen LogP contribution in [-0.4, -0.2) is 6.29 Å². The number of carbonyl (C=O) groups excluding carboxylic acids is 1. The van der Waals surface area contributed by atoms with Crippen molar-refractivity contribution in [2.24, 2.45) is 0 Å². The first-order valence-electron chi connectivity index (χ1n) is 4.96. The SMILES string of the molecule is Nc1c(C=O)ccc2c1sc1ccccc12. The smallest absolute Gasteiger partial charge is 0.152 e. The Balaban J connectivity index is 2.54. The molecule has 0 amide bonds. The highest BCUT2D eigenvalue weighted by Gasteiger charge is 2.09. The molecule has 0 aliphatic heterocycles. The summed E-state index contributed by atoms with van der Waals surface area (Å²) in [5.74, 6) is 0. The van der Waals surface area contributed by atoms with Gasteiger partial charge in [0.05, 0.1) is 10.4 Å². The van der Waals surface area contributed by atoms with Crippen LogP contribution < -0.4 is 5.73 Å². The fraction of sp³-hybridized carbons (Fsp3) is 0. The molecule has 1 heterocycles. The topological polar surface area (TPSA) is 43.1 Å².